The molecular weight excluding hydrogens is 326 g/mol. The number of thiocarbonyl (C=S) groups is 1. The summed E-state index contributed by atoms with van der Waals surface area (Å²) in [4.78, 5) is 0. The van der Waals surface area contributed by atoms with Gasteiger partial charge in [0.25, 0.3) is 0 Å². The van der Waals surface area contributed by atoms with Crippen molar-refractivity contribution in [3.8, 4) is 11.4 Å². The minimum Gasteiger partial charge on any atom is -0.331 e. The predicted octanol–water partition coefficient (Wildman–Crippen LogP) is 3.86. The molecule has 2 aromatic carbocycles. The lowest BCUT2D eigenvalue weighted by Crippen LogP contribution is -2.28. The van der Waals surface area contributed by atoms with E-state index >= 15 is 0 Å². The van der Waals surface area contributed by atoms with Gasteiger partial charge in [0.15, 0.2) is 10.9 Å². The van der Waals surface area contributed by atoms with Gasteiger partial charge in [0.1, 0.15) is 0 Å². The van der Waals surface area contributed by atoms with Crippen LogP contribution in [0.2, 0.25) is 0 Å². The van der Waals surface area contributed by atoms with Crippen LogP contribution in [0.25, 0.3) is 11.4 Å². The fourth-order valence-electron chi connectivity index (χ4n) is 2.08. The zero-order chi connectivity index (χ0) is 16.2. The zero-order valence-corrected chi connectivity index (χ0v) is 14.0. The SMILES string of the molecule is Cc1ccc(-c2n[nH]c(=S)n2NC(=S)Nc2ccccc2)cc1. The van der Waals surface area contributed by atoms with Crippen molar-refractivity contribution in [3.63, 3.8) is 0 Å². The van der Waals surface area contributed by atoms with Crippen molar-refractivity contribution in [3.05, 3.63) is 64.9 Å². The van der Waals surface area contributed by atoms with Crippen LogP contribution < -0.4 is 10.7 Å². The fourth-order valence-corrected chi connectivity index (χ4v) is 2.47. The number of aryl methyl sites for hydroxylation is 1. The van der Waals surface area contributed by atoms with Gasteiger partial charge in [-0.2, -0.15) is 5.10 Å². The van der Waals surface area contributed by atoms with Crippen LogP contribution in [-0.2, 0) is 0 Å². The van der Waals surface area contributed by atoms with Crippen LogP contribution in [0.4, 0.5) is 5.69 Å². The van der Waals surface area contributed by atoms with Crippen molar-refractivity contribution >= 4 is 35.2 Å². The lowest BCUT2D eigenvalue weighted by Gasteiger charge is -2.12. The van der Waals surface area contributed by atoms with E-state index in [1.165, 1.54) is 5.56 Å². The molecule has 3 N–H and O–H groups in total. The normalized spacial score (nSPS) is 10.3. The average Bonchev–Trinajstić information content (AvgIpc) is 2.90. The second-order valence-corrected chi connectivity index (χ2v) is 5.78. The molecule has 0 aliphatic carbocycles. The standard InChI is InChI=1S/C16H15N5S2/c1-11-7-9-12(10-8-11)14-18-19-16(23)21(14)20-15(22)17-13-5-3-2-4-6-13/h2-10H,1H3,(H,19,23)(H2,17,20,22). The van der Waals surface area contributed by atoms with Gasteiger partial charge in [0.05, 0.1) is 0 Å². The number of nitrogens with one attached hydrogen (secondary N) is 3. The maximum Gasteiger partial charge on any atom is 0.215 e. The lowest BCUT2D eigenvalue weighted by molar-refractivity contribution is 0.962. The van der Waals surface area contributed by atoms with Gasteiger partial charge in [0.2, 0.25) is 4.77 Å². The molecule has 0 spiro atoms. The number of aromatic nitrogens is 3. The number of nitrogens with zero attached hydrogens (tertiary/aromatic N) is 2. The Hall–Kier alpha value is -2.51. The van der Waals surface area contributed by atoms with Crippen molar-refractivity contribution in [2.45, 2.75) is 6.92 Å². The number of H-pyrrole nitrogens is 1. The molecule has 0 atom stereocenters. The molecule has 0 bridgehead atoms. The van der Waals surface area contributed by atoms with Gasteiger partial charge in [-0.15, -0.1) is 0 Å². The van der Waals surface area contributed by atoms with E-state index in [1.807, 2.05) is 61.5 Å². The largest absolute Gasteiger partial charge is 0.331 e. The van der Waals surface area contributed by atoms with Gasteiger partial charge in [-0.05, 0) is 43.5 Å². The quantitative estimate of drug-likeness (QED) is 0.632. The molecule has 5 nitrogen and oxygen atoms in total. The first kappa shape index (κ1) is 15.4. The van der Waals surface area contributed by atoms with Gasteiger partial charge >= 0.3 is 0 Å². The van der Waals surface area contributed by atoms with Crippen LogP contribution in [-0.4, -0.2) is 20.0 Å². The highest BCUT2D eigenvalue weighted by Crippen LogP contribution is 2.17. The van der Waals surface area contributed by atoms with Gasteiger partial charge in [-0.3, -0.25) is 5.43 Å². The van der Waals surface area contributed by atoms with Gasteiger partial charge in [-0.1, -0.05) is 48.0 Å². The number of rotatable bonds is 3. The molecule has 3 rings (SSSR count). The summed E-state index contributed by atoms with van der Waals surface area (Å²) in [5, 5.41) is 10.6. The first-order valence-corrected chi connectivity index (χ1v) is 7.82. The number of benzene rings is 2. The summed E-state index contributed by atoms with van der Waals surface area (Å²) in [5.41, 5.74) is 6.09. The average molecular weight is 341 g/mol. The molecule has 116 valence electrons. The summed E-state index contributed by atoms with van der Waals surface area (Å²) >= 11 is 10.6. The molecule has 0 unspecified atom stereocenters. The van der Waals surface area contributed by atoms with Gasteiger partial charge < -0.3 is 5.32 Å². The summed E-state index contributed by atoms with van der Waals surface area (Å²) in [6.07, 6.45) is 0. The molecule has 3 aromatic rings. The van der Waals surface area contributed by atoms with E-state index in [0.717, 1.165) is 11.3 Å². The molecule has 0 saturated heterocycles. The molecule has 0 fully saturated rings. The smallest absolute Gasteiger partial charge is 0.215 e. The number of anilines is 1. The van der Waals surface area contributed by atoms with Crippen LogP contribution in [0.1, 0.15) is 5.56 Å². The molecule has 7 heteroatoms. The van der Waals surface area contributed by atoms with Crippen molar-refractivity contribution in [2.24, 2.45) is 0 Å². The topological polar surface area (TPSA) is 57.7 Å². The molecule has 1 aromatic heterocycles. The summed E-state index contributed by atoms with van der Waals surface area (Å²) in [6, 6.07) is 17.7. The molecule has 0 radical (unpaired) electrons. The number of para-hydroxylation sites is 1. The van der Waals surface area contributed by atoms with Crippen molar-refractivity contribution < 1.29 is 0 Å². The van der Waals surface area contributed by atoms with Crippen LogP contribution in [0.15, 0.2) is 54.6 Å². The molecule has 0 aliphatic rings. The maximum absolute atomic E-state index is 5.34. The van der Waals surface area contributed by atoms with E-state index in [1.54, 1.807) is 4.68 Å². The monoisotopic (exact) mass is 341 g/mol. The van der Waals surface area contributed by atoms with E-state index < -0.39 is 0 Å². The maximum atomic E-state index is 5.34. The Morgan fingerprint density at radius 3 is 2.48 bits per heavy atom. The Morgan fingerprint density at radius 1 is 1.09 bits per heavy atom. The van der Waals surface area contributed by atoms with Crippen molar-refractivity contribution in [1.82, 2.24) is 14.9 Å². The summed E-state index contributed by atoms with van der Waals surface area (Å²) < 4.78 is 2.09. The second kappa shape index (κ2) is 6.72. The molecular formula is C16H15N5S2. The first-order chi connectivity index (χ1) is 11.1. The van der Waals surface area contributed by atoms with E-state index in [2.05, 4.69) is 20.9 Å². The Balaban J connectivity index is 1.83. The van der Waals surface area contributed by atoms with Crippen LogP contribution in [0.5, 0.6) is 0 Å². The number of hydrogen-bond acceptors (Lipinski definition) is 3. The molecule has 1 heterocycles. The summed E-state index contributed by atoms with van der Waals surface area (Å²) in [5.74, 6) is 0.673. The summed E-state index contributed by atoms with van der Waals surface area (Å²) in [6.45, 7) is 2.04. The van der Waals surface area contributed by atoms with Gasteiger partial charge in [0, 0.05) is 11.3 Å². The van der Waals surface area contributed by atoms with Crippen LogP contribution >= 0.6 is 24.4 Å². The first-order valence-electron chi connectivity index (χ1n) is 7.01. The Labute approximate surface area is 144 Å². The van der Waals surface area contributed by atoms with Crippen LogP contribution in [0, 0.1) is 11.7 Å². The lowest BCUT2D eigenvalue weighted by atomic mass is 10.1. The Morgan fingerprint density at radius 2 is 1.78 bits per heavy atom. The number of aromatic amines is 1. The third kappa shape index (κ3) is 3.64. The Kier molecular flexibility index (Phi) is 4.50. The van der Waals surface area contributed by atoms with E-state index in [9.17, 15) is 0 Å². The number of hydrogen-bond donors (Lipinski definition) is 3. The Bertz CT molecular complexity index is 865. The highest BCUT2D eigenvalue weighted by molar-refractivity contribution is 7.80. The van der Waals surface area contributed by atoms with E-state index in [4.69, 9.17) is 24.4 Å². The fraction of sp³-hybridized carbons (Fsp3) is 0.0625. The van der Waals surface area contributed by atoms with E-state index in [0.29, 0.717) is 15.7 Å². The zero-order valence-electron chi connectivity index (χ0n) is 12.4. The third-order valence-electron chi connectivity index (χ3n) is 3.23. The van der Waals surface area contributed by atoms with Gasteiger partial charge in [-0.25, -0.2) is 9.77 Å². The minimum atomic E-state index is 0.432. The summed E-state index contributed by atoms with van der Waals surface area (Å²) in [7, 11) is 0. The predicted molar refractivity (Wildman–Crippen MR) is 99.6 cm³/mol. The molecule has 0 aliphatic heterocycles. The highest BCUT2D eigenvalue weighted by atomic mass is 32.1. The highest BCUT2D eigenvalue weighted by Gasteiger charge is 2.10. The molecule has 0 saturated carbocycles. The molecule has 23 heavy (non-hydrogen) atoms. The van der Waals surface area contributed by atoms with Crippen LogP contribution in [0.3, 0.4) is 0 Å². The van der Waals surface area contributed by atoms with Crippen molar-refractivity contribution in [1.29, 1.82) is 0 Å². The second-order valence-electron chi connectivity index (χ2n) is 4.99. The minimum absolute atomic E-state index is 0.432. The van der Waals surface area contributed by atoms with E-state index in [-0.39, 0.29) is 0 Å². The van der Waals surface area contributed by atoms with Crippen molar-refractivity contribution in [2.75, 3.05) is 10.7 Å². The third-order valence-corrected chi connectivity index (χ3v) is 3.69. The molecule has 0 amide bonds.